The highest BCUT2D eigenvalue weighted by molar-refractivity contribution is 7.81. The van der Waals surface area contributed by atoms with Gasteiger partial charge in [-0.05, 0) is 70.2 Å². The molecule has 0 spiro atoms. The fraction of sp³-hybridized carbons (Fsp3) is 0.415. The minimum Gasteiger partial charge on any atom is -0.294 e. The second kappa shape index (κ2) is 15.8. The van der Waals surface area contributed by atoms with Gasteiger partial charge in [0.15, 0.2) is 34.9 Å². The van der Waals surface area contributed by atoms with Crippen molar-refractivity contribution >= 4 is 34.9 Å². The fourth-order valence-electron chi connectivity index (χ4n) is 10.0. The summed E-state index contributed by atoms with van der Waals surface area (Å²) >= 11 is 0. The van der Waals surface area contributed by atoms with Crippen LogP contribution in [0, 0.1) is 99.7 Å². The number of nitrogens with zero attached hydrogens (tertiary/aromatic N) is 1. The Morgan fingerprint density at radius 1 is 0.545 bits per heavy atom. The van der Waals surface area contributed by atoms with Gasteiger partial charge in [-0.15, -0.1) is 0 Å². The van der Waals surface area contributed by atoms with Gasteiger partial charge in [0.1, 0.15) is 30.3 Å². The lowest BCUT2D eigenvalue weighted by Crippen LogP contribution is -2.71. The number of hydrogen-bond acceptors (Lipinski definition) is 0. The molecule has 1 aliphatic carbocycles. The Kier molecular flexibility index (Phi) is 12.2. The summed E-state index contributed by atoms with van der Waals surface area (Å²) in [5.74, 6) is -26.9. The van der Waals surface area contributed by atoms with Crippen molar-refractivity contribution in [3.05, 3.63) is 116 Å². The van der Waals surface area contributed by atoms with Gasteiger partial charge < -0.3 is 0 Å². The third-order valence-electron chi connectivity index (χ3n) is 11.6. The molecule has 298 valence electrons. The Labute approximate surface area is 315 Å². The average molecular weight is 800 g/mol. The molecule has 1 heterocycles. The van der Waals surface area contributed by atoms with E-state index in [-0.39, 0.29) is 19.3 Å². The quantitative estimate of drug-likeness (QED) is 0.0678. The van der Waals surface area contributed by atoms with Crippen molar-refractivity contribution in [1.82, 2.24) is 0 Å². The molecule has 1 N–H and O–H groups in total. The van der Waals surface area contributed by atoms with Crippen LogP contribution in [0.4, 0.5) is 43.9 Å². The van der Waals surface area contributed by atoms with Gasteiger partial charge in [-0.1, -0.05) is 105 Å². The summed E-state index contributed by atoms with van der Waals surface area (Å²) < 4.78 is 156. The molecular weight excluding hydrogens is 754 g/mol. The van der Waals surface area contributed by atoms with Crippen molar-refractivity contribution in [3.8, 4) is 0 Å². The zero-order chi connectivity index (χ0) is 41.1. The highest BCUT2D eigenvalue weighted by Crippen LogP contribution is 2.68. The topological polar surface area (TPSA) is 23.2 Å². The first-order chi connectivity index (χ1) is 25.8. The smallest absolute Gasteiger partial charge is 0.294 e. The Morgan fingerprint density at radius 2 is 0.855 bits per heavy atom. The van der Waals surface area contributed by atoms with E-state index in [1.807, 2.05) is 0 Å². The molecule has 0 saturated heterocycles. The molecule has 2 aliphatic rings. The van der Waals surface area contributed by atoms with Gasteiger partial charge >= 0.3 is 6.28 Å². The maximum absolute atomic E-state index is 16.4. The van der Waals surface area contributed by atoms with E-state index in [1.54, 1.807) is 65.8 Å². The monoisotopic (exact) mass is 799 g/mol. The van der Waals surface area contributed by atoms with E-state index in [9.17, 15) is 14.0 Å². The van der Waals surface area contributed by atoms with E-state index >= 15 is 35.1 Å². The van der Waals surface area contributed by atoms with Crippen LogP contribution in [0.3, 0.4) is 0 Å². The van der Waals surface area contributed by atoms with Crippen LogP contribution in [0.15, 0.2) is 24.3 Å². The van der Waals surface area contributed by atoms with Gasteiger partial charge in [0.05, 0.1) is 0 Å². The lowest BCUT2D eigenvalue weighted by molar-refractivity contribution is -0.661. The second-order valence-corrected chi connectivity index (χ2v) is 18.6. The number of fused-ring (bicyclic) bond motifs is 1. The first kappa shape index (κ1) is 42.6. The van der Waals surface area contributed by atoms with E-state index in [0.717, 1.165) is 11.1 Å². The Balaban J connectivity index is 0.00000109. The molecule has 1 fully saturated rings. The molecule has 14 heteroatoms. The van der Waals surface area contributed by atoms with Crippen molar-refractivity contribution in [3.63, 3.8) is 0 Å². The van der Waals surface area contributed by atoms with Crippen molar-refractivity contribution in [1.29, 1.82) is 0 Å². The van der Waals surface area contributed by atoms with Crippen molar-refractivity contribution < 1.29 is 53.5 Å². The van der Waals surface area contributed by atoms with Crippen molar-refractivity contribution in [2.45, 2.75) is 112 Å². The van der Waals surface area contributed by atoms with Crippen molar-refractivity contribution in [2.24, 2.45) is 0 Å². The molecule has 0 radical (unpaired) electrons. The van der Waals surface area contributed by atoms with Crippen LogP contribution in [0.2, 0.25) is 5.82 Å². The summed E-state index contributed by atoms with van der Waals surface area (Å²) in [5.41, 5.74) is -0.961. The molecule has 2 nitrogen and oxygen atoms in total. The molecule has 2 atom stereocenters. The minimum absolute atomic E-state index is 0.128. The maximum Gasteiger partial charge on any atom is 0.377 e. The zero-order valence-corrected chi connectivity index (χ0v) is 33.0. The largest absolute Gasteiger partial charge is 0.377 e. The summed E-state index contributed by atoms with van der Waals surface area (Å²) in [6.45, 7) is 14.8. The Hall–Kier alpha value is -3.57. The zero-order valence-electron chi connectivity index (χ0n) is 32.1. The van der Waals surface area contributed by atoms with Crippen LogP contribution < -0.4 is 21.5 Å². The molecule has 1 aliphatic heterocycles. The summed E-state index contributed by atoms with van der Waals surface area (Å²) in [6.07, 6.45) is -0.0117. The van der Waals surface area contributed by atoms with Gasteiger partial charge in [-0.2, -0.15) is 5.21 Å². The molecular formula is C41H45BF10NOP. The average Bonchev–Trinajstić information content (AvgIpc) is 3.33. The molecule has 6 rings (SSSR count). The molecule has 1 saturated carbocycles. The van der Waals surface area contributed by atoms with E-state index in [1.165, 1.54) is 19.3 Å². The van der Waals surface area contributed by atoms with Crippen LogP contribution in [-0.2, 0) is 0 Å². The predicted molar refractivity (Wildman–Crippen MR) is 198 cm³/mol. The maximum atomic E-state index is 16.4. The molecule has 55 heavy (non-hydrogen) atoms. The third kappa shape index (κ3) is 6.26. The van der Waals surface area contributed by atoms with Gasteiger partial charge in [0, 0.05) is 16.3 Å². The van der Waals surface area contributed by atoms with Crippen LogP contribution in [-0.4, -0.2) is 21.5 Å². The molecule has 0 aromatic heterocycles. The van der Waals surface area contributed by atoms with Crippen LogP contribution in [0.25, 0.3) is 0 Å². The van der Waals surface area contributed by atoms with Gasteiger partial charge in [-0.25, -0.2) is 43.9 Å². The standard InChI is InChI=1S/C36H33BF10NOP.C5H12/c1-15-11-17(3)35(18(4)12-15)50(36-19(5)13-16(2)14-20(36)6)22-10-8-7-9-21(22)37(48(50)49,23-25(38)29(42)33(46)30(43)26(23)39)24-27(40)31(44)34(47)32(45)28(24)41;1-3-5-4-2/h11-14,21-22,49H,7-10H2,1-6H3;3-5H2,1-2H3/t21-,22-;/m1./s1. The van der Waals surface area contributed by atoms with Crippen LogP contribution in [0.5, 0.6) is 0 Å². The summed E-state index contributed by atoms with van der Waals surface area (Å²) in [4.78, 5) is 0. The van der Waals surface area contributed by atoms with Gasteiger partial charge in [0.25, 0.3) is 0 Å². The third-order valence-corrected chi connectivity index (χ3v) is 17.0. The normalized spacial score (nSPS) is 18.6. The fourth-order valence-corrected chi connectivity index (χ4v) is 16.5. The minimum atomic E-state index is -4.62. The molecule has 4 aromatic rings. The number of aryl methyl sites for hydroxylation is 6. The number of halogens is 10. The SMILES string of the molecule is CCCCC.Cc1cc(C)c(P2(c3c(C)cc(C)cc3C)=[N+](O)[B-](c3c(F)c(F)c(F)c(F)c3F)(c3c(F)c(F)c(F)c(F)c3F)[C@@H]3CCCC[C@H]32)c(C)c1. The number of unbranched alkanes of at least 4 members (excludes halogenated alkanes) is 2. The Morgan fingerprint density at radius 3 is 1.16 bits per heavy atom. The predicted octanol–water partition coefficient (Wildman–Crippen LogP) is 10.8. The highest BCUT2D eigenvalue weighted by atomic mass is 31.2. The first-order valence-corrected chi connectivity index (χ1v) is 20.3. The number of rotatable bonds is 6. The number of benzene rings is 4. The number of hydrogen-bond donors (Lipinski definition) is 1. The van der Waals surface area contributed by atoms with Crippen LogP contribution >= 0.6 is 7.05 Å². The van der Waals surface area contributed by atoms with E-state index in [0.29, 0.717) is 43.7 Å². The summed E-state index contributed by atoms with van der Waals surface area (Å²) in [7, 11) is -4.01. The van der Waals surface area contributed by atoms with Crippen molar-refractivity contribution in [2.75, 3.05) is 0 Å². The lowest BCUT2D eigenvalue weighted by Gasteiger charge is -2.40. The molecule has 0 unspecified atom stereocenters. The summed E-state index contributed by atoms with van der Waals surface area (Å²) in [5, 5.41) is 14.0. The summed E-state index contributed by atoms with van der Waals surface area (Å²) in [6, 6.07) is 7.05. The second-order valence-electron chi connectivity index (χ2n) is 15.2. The first-order valence-electron chi connectivity index (χ1n) is 18.5. The van der Waals surface area contributed by atoms with Crippen LogP contribution in [0.1, 0.15) is 92.2 Å². The Bertz CT molecular complexity index is 2020. The van der Waals surface area contributed by atoms with E-state index < -0.39 is 93.9 Å². The molecule has 0 bridgehead atoms. The molecule has 4 aromatic carbocycles. The van der Waals surface area contributed by atoms with E-state index in [4.69, 9.17) is 0 Å². The van der Waals surface area contributed by atoms with Gasteiger partial charge in [0.2, 0.25) is 0 Å². The molecule has 0 amide bonds. The lowest BCUT2D eigenvalue weighted by atomic mass is 9.20. The van der Waals surface area contributed by atoms with Gasteiger partial charge in [-0.3, -0.25) is 4.40 Å². The highest BCUT2D eigenvalue weighted by Gasteiger charge is 2.69. The van der Waals surface area contributed by atoms with E-state index in [2.05, 4.69) is 13.8 Å².